The minimum absolute atomic E-state index is 0.205. The zero-order valence-corrected chi connectivity index (χ0v) is 18.5. The van der Waals surface area contributed by atoms with Crippen LogP contribution in [0.3, 0.4) is 0 Å². The number of hydrogen-bond donors (Lipinski definition) is 4. The molecule has 1 fully saturated rings. The second-order valence-corrected chi connectivity index (χ2v) is 8.66. The van der Waals surface area contributed by atoms with Gasteiger partial charge in [0.05, 0.1) is 13.7 Å². The predicted molar refractivity (Wildman–Crippen MR) is 127 cm³/mol. The Morgan fingerprint density at radius 1 is 0.886 bits per heavy atom. The maximum absolute atomic E-state index is 12.9. The summed E-state index contributed by atoms with van der Waals surface area (Å²) in [6.07, 6.45) is -7.31. The van der Waals surface area contributed by atoms with E-state index in [1.54, 1.807) is 24.3 Å². The zero-order chi connectivity index (χ0) is 24.4. The van der Waals surface area contributed by atoms with Gasteiger partial charge in [-0.2, -0.15) is 0 Å². The molecule has 6 rings (SSSR count). The molecule has 5 atom stereocenters. The minimum atomic E-state index is -1.61. The van der Waals surface area contributed by atoms with Gasteiger partial charge in [0.2, 0.25) is 6.29 Å². The van der Waals surface area contributed by atoms with Crippen LogP contribution < -0.4 is 14.9 Å². The van der Waals surface area contributed by atoms with Crippen molar-refractivity contribution in [3.05, 3.63) is 58.8 Å². The lowest BCUT2D eigenvalue weighted by Crippen LogP contribution is -2.60. The maximum atomic E-state index is 12.9. The Morgan fingerprint density at radius 3 is 2.46 bits per heavy atom. The van der Waals surface area contributed by atoms with Crippen molar-refractivity contribution >= 4 is 43.5 Å². The number of methoxy groups -OCH3 is 1. The molecule has 1 aliphatic rings. The van der Waals surface area contributed by atoms with Gasteiger partial charge in [-0.3, -0.25) is 4.79 Å². The van der Waals surface area contributed by atoms with Crippen LogP contribution in [0.4, 0.5) is 0 Å². The molecule has 9 heteroatoms. The van der Waals surface area contributed by atoms with Crippen molar-refractivity contribution < 1.29 is 39.1 Å². The first-order valence-electron chi connectivity index (χ1n) is 11.1. The first-order valence-corrected chi connectivity index (χ1v) is 11.1. The lowest BCUT2D eigenvalue weighted by Gasteiger charge is -2.39. The van der Waals surface area contributed by atoms with Gasteiger partial charge in [0.25, 0.3) is 0 Å². The van der Waals surface area contributed by atoms with E-state index >= 15 is 0 Å². The number of hydrogen-bond acceptors (Lipinski definition) is 9. The second-order valence-electron chi connectivity index (χ2n) is 8.66. The molecule has 1 saturated heterocycles. The summed E-state index contributed by atoms with van der Waals surface area (Å²) in [7, 11) is 1.53. The van der Waals surface area contributed by atoms with Crippen molar-refractivity contribution in [2.24, 2.45) is 0 Å². The SMILES string of the molecule is COc1cc2ccc(=O)c3cc(OC4OC(CO)C(O)C(O)C4O)c4c5ccccc5oc1c4c23. The lowest BCUT2D eigenvalue weighted by molar-refractivity contribution is -0.277. The van der Waals surface area contributed by atoms with Crippen molar-refractivity contribution in [3.63, 3.8) is 0 Å². The van der Waals surface area contributed by atoms with Gasteiger partial charge in [0.15, 0.2) is 16.8 Å². The summed E-state index contributed by atoms with van der Waals surface area (Å²) in [6, 6.07) is 13.8. The first kappa shape index (κ1) is 22.0. The van der Waals surface area contributed by atoms with E-state index in [0.717, 1.165) is 5.39 Å². The molecule has 180 valence electrons. The largest absolute Gasteiger partial charge is 0.493 e. The third-order valence-electron chi connectivity index (χ3n) is 6.68. The summed E-state index contributed by atoms with van der Waals surface area (Å²) in [5.41, 5.74) is 0.721. The summed E-state index contributed by atoms with van der Waals surface area (Å²) in [5, 5.41) is 44.2. The zero-order valence-electron chi connectivity index (χ0n) is 18.5. The number of ether oxygens (including phenoxy) is 3. The summed E-state index contributed by atoms with van der Waals surface area (Å²) in [4.78, 5) is 12.9. The summed E-state index contributed by atoms with van der Waals surface area (Å²) >= 11 is 0. The minimum Gasteiger partial charge on any atom is -0.493 e. The van der Waals surface area contributed by atoms with E-state index in [2.05, 4.69) is 0 Å². The fraction of sp³-hybridized carbons (Fsp3) is 0.269. The number of rotatable bonds is 4. The second kappa shape index (κ2) is 8.04. The van der Waals surface area contributed by atoms with Gasteiger partial charge in [-0.05, 0) is 29.7 Å². The van der Waals surface area contributed by atoms with Crippen molar-refractivity contribution in [2.75, 3.05) is 13.7 Å². The van der Waals surface area contributed by atoms with E-state index in [4.69, 9.17) is 18.6 Å². The van der Waals surface area contributed by atoms with E-state index in [9.17, 15) is 25.2 Å². The van der Waals surface area contributed by atoms with Crippen molar-refractivity contribution in [1.29, 1.82) is 0 Å². The predicted octanol–water partition coefficient (Wildman–Crippen LogP) is 1.88. The smallest absolute Gasteiger partial charge is 0.229 e. The van der Waals surface area contributed by atoms with E-state index < -0.39 is 37.3 Å². The molecule has 1 aromatic heterocycles. The van der Waals surface area contributed by atoms with Crippen LogP contribution in [-0.4, -0.2) is 64.8 Å². The lowest BCUT2D eigenvalue weighted by atomic mass is 9.93. The van der Waals surface area contributed by atoms with E-state index in [-0.39, 0.29) is 11.2 Å². The van der Waals surface area contributed by atoms with E-state index in [1.807, 2.05) is 18.2 Å². The summed E-state index contributed by atoms with van der Waals surface area (Å²) in [5.74, 6) is 0.676. The number of aliphatic hydroxyl groups excluding tert-OH is 4. The van der Waals surface area contributed by atoms with Crippen molar-refractivity contribution in [2.45, 2.75) is 30.7 Å². The normalized spacial score (nSPS) is 25.1. The maximum Gasteiger partial charge on any atom is 0.229 e. The number of fused-ring (bicyclic) bond motifs is 2. The van der Waals surface area contributed by atoms with Crippen LogP contribution >= 0.6 is 0 Å². The number of para-hydroxylation sites is 1. The molecule has 2 heterocycles. The van der Waals surface area contributed by atoms with Crippen molar-refractivity contribution in [1.82, 2.24) is 0 Å². The average Bonchev–Trinajstić information content (AvgIpc) is 2.88. The Labute approximate surface area is 197 Å². The Bertz CT molecular complexity index is 1620. The molecule has 0 radical (unpaired) electrons. The monoisotopic (exact) mass is 478 g/mol. The topological polar surface area (TPSA) is 139 Å². The van der Waals surface area contributed by atoms with Crippen LogP contribution in [0.2, 0.25) is 0 Å². The van der Waals surface area contributed by atoms with Crippen LogP contribution in [0.15, 0.2) is 57.7 Å². The van der Waals surface area contributed by atoms with Gasteiger partial charge < -0.3 is 39.1 Å². The van der Waals surface area contributed by atoms with Crippen molar-refractivity contribution in [3.8, 4) is 11.5 Å². The molecule has 4 aromatic carbocycles. The van der Waals surface area contributed by atoms with Gasteiger partial charge in [0, 0.05) is 26.9 Å². The fourth-order valence-electron chi connectivity index (χ4n) is 4.94. The fourth-order valence-corrected chi connectivity index (χ4v) is 4.94. The highest BCUT2D eigenvalue weighted by atomic mass is 16.7. The molecule has 4 N–H and O–H groups in total. The molecule has 5 aromatic rings. The van der Waals surface area contributed by atoms with Crippen LogP contribution in [0.1, 0.15) is 0 Å². The molecule has 0 saturated carbocycles. The third kappa shape index (κ3) is 3.17. The van der Waals surface area contributed by atoms with E-state index in [1.165, 1.54) is 13.2 Å². The van der Waals surface area contributed by atoms with Gasteiger partial charge >= 0.3 is 0 Å². The summed E-state index contributed by atoms with van der Waals surface area (Å²) < 4.78 is 23.5. The molecule has 0 spiro atoms. The van der Waals surface area contributed by atoms with E-state index in [0.29, 0.717) is 43.8 Å². The van der Waals surface area contributed by atoms with Crippen LogP contribution in [-0.2, 0) is 4.74 Å². The van der Waals surface area contributed by atoms with Crippen LogP contribution in [0, 0.1) is 0 Å². The number of benzene rings is 4. The molecule has 35 heavy (non-hydrogen) atoms. The Balaban J connectivity index is 1.69. The highest BCUT2D eigenvalue weighted by Gasteiger charge is 2.45. The Kier molecular flexibility index (Phi) is 5.06. The molecule has 0 aliphatic carbocycles. The molecule has 5 unspecified atom stereocenters. The third-order valence-corrected chi connectivity index (χ3v) is 6.68. The quantitative estimate of drug-likeness (QED) is 0.225. The standard InChI is InChI=1S/C26H22O9/c1-32-17-8-11-6-7-14(28)13-9-16(34-26-24(31)23(30)22(29)18(10-27)35-26)20-12-4-2-3-5-15(12)33-25(17)21(20)19(11)13/h2-9,18,22-24,26-27,29-31H,10H2,1H3. The highest BCUT2D eigenvalue weighted by Crippen LogP contribution is 2.46. The highest BCUT2D eigenvalue weighted by molar-refractivity contribution is 6.29. The van der Waals surface area contributed by atoms with Crippen LogP contribution in [0.5, 0.6) is 11.5 Å². The van der Waals surface area contributed by atoms with Gasteiger partial charge in [-0.15, -0.1) is 0 Å². The molecule has 0 amide bonds. The molecule has 1 aliphatic heterocycles. The number of aliphatic hydroxyl groups is 4. The van der Waals surface area contributed by atoms with Gasteiger partial charge in [-0.1, -0.05) is 24.3 Å². The average molecular weight is 478 g/mol. The van der Waals surface area contributed by atoms with Gasteiger partial charge in [-0.25, -0.2) is 0 Å². The molecule has 0 bridgehead atoms. The summed E-state index contributed by atoms with van der Waals surface area (Å²) in [6.45, 7) is -0.592. The van der Waals surface area contributed by atoms with Gasteiger partial charge in [0.1, 0.15) is 35.7 Å². The molecule has 9 nitrogen and oxygen atoms in total. The first-order chi connectivity index (χ1) is 16.9. The Hall–Kier alpha value is -3.47. The molecular weight excluding hydrogens is 456 g/mol. The van der Waals surface area contributed by atoms with Crippen LogP contribution in [0.25, 0.3) is 43.5 Å². The Morgan fingerprint density at radius 2 is 1.69 bits per heavy atom. The molecular formula is C26H22O9.